The molecule has 2 aromatic carbocycles. The molecule has 1 heterocycles. The SMILES string of the molecule is Cc1cc(C)cc(Oc2cc(NC(=O)C(C)n3ncc(Cl)c3C)cc([N+](=O)[O-])c2)c1. The molecule has 9 heteroatoms. The van der Waals surface area contributed by atoms with Gasteiger partial charge in [0.1, 0.15) is 17.5 Å². The maximum absolute atomic E-state index is 12.7. The molecule has 0 aliphatic carbocycles. The van der Waals surface area contributed by atoms with Crippen molar-refractivity contribution in [2.75, 3.05) is 5.32 Å². The van der Waals surface area contributed by atoms with Crippen LogP contribution in [0.3, 0.4) is 0 Å². The summed E-state index contributed by atoms with van der Waals surface area (Å²) in [4.78, 5) is 23.5. The summed E-state index contributed by atoms with van der Waals surface area (Å²) in [7, 11) is 0. The lowest BCUT2D eigenvalue weighted by Gasteiger charge is -2.15. The number of nitrogens with zero attached hydrogens (tertiary/aromatic N) is 3. The van der Waals surface area contributed by atoms with E-state index in [1.54, 1.807) is 13.8 Å². The Hall–Kier alpha value is -3.39. The Balaban J connectivity index is 1.87. The van der Waals surface area contributed by atoms with Crippen molar-refractivity contribution < 1.29 is 14.5 Å². The Morgan fingerprint density at radius 1 is 1.13 bits per heavy atom. The molecule has 1 unspecified atom stereocenters. The van der Waals surface area contributed by atoms with E-state index in [-0.39, 0.29) is 17.1 Å². The van der Waals surface area contributed by atoms with Crippen LogP contribution in [0.5, 0.6) is 11.5 Å². The second-order valence-corrected chi connectivity index (χ2v) is 7.49. The summed E-state index contributed by atoms with van der Waals surface area (Å²) in [5, 5.41) is 18.6. The second-order valence-electron chi connectivity index (χ2n) is 7.09. The first kappa shape index (κ1) is 21.3. The Kier molecular flexibility index (Phi) is 6.07. The molecule has 0 aliphatic heterocycles. The lowest BCUT2D eigenvalue weighted by atomic mass is 10.1. The number of rotatable bonds is 6. The summed E-state index contributed by atoms with van der Waals surface area (Å²) >= 11 is 6.01. The van der Waals surface area contributed by atoms with Gasteiger partial charge >= 0.3 is 0 Å². The van der Waals surface area contributed by atoms with Gasteiger partial charge in [0.05, 0.1) is 33.6 Å². The number of halogens is 1. The maximum Gasteiger partial charge on any atom is 0.275 e. The molecule has 8 nitrogen and oxygen atoms in total. The van der Waals surface area contributed by atoms with Gasteiger partial charge in [-0.1, -0.05) is 17.7 Å². The van der Waals surface area contributed by atoms with Crippen molar-refractivity contribution in [3.8, 4) is 11.5 Å². The van der Waals surface area contributed by atoms with Gasteiger partial charge in [0.2, 0.25) is 5.91 Å². The largest absolute Gasteiger partial charge is 0.457 e. The number of nitrogens with one attached hydrogen (secondary N) is 1. The Morgan fingerprint density at radius 3 is 2.33 bits per heavy atom. The highest BCUT2D eigenvalue weighted by Gasteiger charge is 2.20. The molecule has 1 aromatic heterocycles. The van der Waals surface area contributed by atoms with Crippen molar-refractivity contribution >= 4 is 28.9 Å². The fraction of sp³-hybridized carbons (Fsp3) is 0.238. The molecule has 0 fully saturated rings. The summed E-state index contributed by atoms with van der Waals surface area (Å²) in [6, 6.07) is 9.12. The van der Waals surface area contributed by atoms with Crippen LogP contribution < -0.4 is 10.1 Å². The summed E-state index contributed by atoms with van der Waals surface area (Å²) in [6.07, 6.45) is 1.46. The van der Waals surface area contributed by atoms with Gasteiger partial charge in [-0.25, -0.2) is 0 Å². The van der Waals surface area contributed by atoms with Gasteiger partial charge in [-0.05, 0) is 51.0 Å². The number of benzene rings is 2. The van der Waals surface area contributed by atoms with Gasteiger partial charge in [0, 0.05) is 12.1 Å². The van der Waals surface area contributed by atoms with E-state index in [0.29, 0.717) is 16.5 Å². The number of hydrogen-bond acceptors (Lipinski definition) is 5. The Morgan fingerprint density at radius 2 is 1.77 bits per heavy atom. The number of non-ortho nitro benzene ring substituents is 1. The van der Waals surface area contributed by atoms with Crippen molar-refractivity contribution in [3.63, 3.8) is 0 Å². The third-order valence-electron chi connectivity index (χ3n) is 4.53. The van der Waals surface area contributed by atoms with Crippen molar-refractivity contribution in [1.82, 2.24) is 9.78 Å². The van der Waals surface area contributed by atoms with Crippen molar-refractivity contribution in [3.05, 3.63) is 74.6 Å². The minimum atomic E-state index is -0.666. The molecule has 0 aliphatic rings. The second kappa shape index (κ2) is 8.54. The third kappa shape index (κ3) is 4.77. The highest BCUT2D eigenvalue weighted by Crippen LogP contribution is 2.31. The zero-order chi connectivity index (χ0) is 22.0. The quantitative estimate of drug-likeness (QED) is 0.420. The standard InChI is InChI=1S/C21H21ClN4O4/c1-12-5-13(2)7-18(6-12)30-19-9-16(8-17(10-19)26(28)29)24-21(27)15(4)25-14(3)20(22)11-23-25/h5-11,15H,1-4H3,(H,24,27). The first-order chi connectivity index (χ1) is 14.1. The van der Waals surface area contributed by atoms with Gasteiger partial charge in [0.15, 0.2) is 0 Å². The van der Waals surface area contributed by atoms with Gasteiger partial charge in [-0.3, -0.25) is 19.6 Å². The van der Waals surface area contributed by atoms with Gasteiger partial charge < -0.3 is 10.1 Å². The van der Waals surface area contributed by atoms with E-state index >= 15 is 0 Å². The van der Waals surface area contributed by atoms with Crippen LogP contribution in [0.15, 0.2) is 42.6 Å². The fourth-order valence-electron chi connectivity index (χ4n) is 3.10. The van der Waals surface area contributed by atoms with E-state index in [1.807, 2.05) is 32.0 Å². The zero-order valence-corrected chi connectivity index (χ0v) is 17.7. The van der Waals surface area contributed by atoms with E-state index in [9.17, 15) is 14.9 Å². The van der Waals surface area contributed by atoms with E-state index in [2.05, 4.69) is 10.4 Å². The maximum atomic E-state index is 12.7. The van der Waals surface area contributed by atoms with Gasteiger partial charge in [-0.2, -0.15) is 5.10 Å². The lowest BCUT2D eigenvalue weighted by molar-refractivity contribution is -0.384. The molecule has 0 saturated carbocycles. The van der Waals surface area contributed by atoms with Gasteiger partial charge in [0.25, 0.3) is 5.69 Å². The smallest absolute Gasteiger partial charge is 0.275 e. The predicted molar refractivity (Wildman–Crippen MR) is 114 cm³/mol. The third-order valence-corrected chi connectivity index (χ3v) is 4.90. The van der Waals surface area contributed by atoms with Crippen LogP contribution in [0.4, 0.5) is 11.4 Å². The van der Waals surface area contributed by atoms with Gasteiger partial charge in [-0.15, -0.1) is 0 Å². The van der Waals surface area contributed by atoms with E-state index in [4.69, 9.17) is 16.3 Å². The molecule has 0 spiro atoms. The summed E-state index contributed by atoms with van der Waals surface area (Å²) in [6.45, 7) is 7.28. The van der Waals surface area contributed by atoms with E-state index in [1.165, 1.54) is 29.1 Å². The number of nitro benzene ring substituents is 1. The molecule has 3 rings (SSSR count). The normalized spacial score (nSPS) is 11.8. The summed E-state index contributed by atoms with van der Waals surface area (Å²) in [5.41, 5.74) is 2.71. The number of anilines is 1. The van der Waals surface area contributed by atoms with Crippen LogP contribution in [0, 0.1) is 30.9 Å². The zero-order valence-electron chi connectivity index (χ0n) is 17.0. The highest BCUT2D eigenvalue weighted by atomic mass is 35.5. The number of carbonyl (C=O) groups is 1. The fourth-order valence-corrected chi connectivity index (χ4v) is 3.23. The van der Waals surface area contributed by atoms with Crippen LogP contribution in [-0.4, -0.2) is 20.6 Å². The van der Waals surface area contributed by atoms with Crippen molar-refractivity contribution in [1.29, 1.82) is 0 Å². The minimum absolute atomic E-state index is 0.196. The lowest BCUT2D eigenvalue weighted by Crippen LogP contribution is -2.25. The molecular weight excluding hydrogens is 408 g/mol. The molecular formula is C21H21ClN4O4. The van der Waals surface area contributed by atoms with Crippen molar-refractivity contribution in [2.24, 2.45) is 0 Å². The number of hydrogen-bond donors (Lipinski definition) is 1. The van der Waals surface area contributed by atoms with Crippen LogP contribution in [0.1, 0.15) is 29.8 Å². The molecule has 3 aromatic rings. The Bertz CT molecular complexity index is 1110. The first-order valence-corrected chi connectivity index (χ1v) is 9.58. The summed E-state index contributed by atoms with van der Waals surface area (Å²) < 4.78 is 7.32. The average Bonchev–Trinajstić information content (AvgIpc) is 2.98. The molecule has 1 amide bonds. The molecule has 0 bridgehead atoms. The minimum Gasteiger partial charge on any atom is -0.457 e. The van der Waals surface area contributed by atoms with E-state index < -0.39 is 16.9 Å². The molecule has 1 atom stereocenters. The highest BCUT2D eigenvalue weighted by molar-refractivity contribution is 6.31. The van der Waals surface area contributed by atoms with Crippen molar-refractivity contribution in [2.45, 2.75) is 33.7 Å². The number of nitro groups is 1. The van der Waals surface area contributed by atoms with Crippen LogP contribution in [-0.2, 0) is 4.79 Å². The first-order valence-electron chi connectivity index (χ1n) is 9.20. The van der Waals surface area contributed by atoms with Crippen LogP contribution in [0.2, 0.25) is 5.02 Å². The molecule has 0 saturated heterocycles. The number of aromatic nitrogens is 2. The Labute approximate surface area is 178 Å². The van der Waals surface area contributed by atoms with Crippen LogP contribution >= 0.6 is 11.6 Å². The monoisotopic (exact) mass is 428 g/mol. The number of aryl methyl sites for hydroxylation is 2. The summed E-state index contributed by atoms with van der Waals surface area (Å²) in [5.74, 6) is 0.409. The molecule has 30 heavy (non-hydrogen) atoms. The molecule has 1 N–H and O–H groups in total. The number of carbonyl (C=O) groups excluding carboxylic acids is 1. The number of amides is 1. The number of ether oxygens (including phenoxy) is 1. The molecule has 156 valence electrons. The molecule has 0 radical (unpaired) electrons. The van der Waals surface area contributed by atoms with Crippen LogP contribution in [0.25, 0.3) is 0 Å². The average molecular weight is 429 g/mol. The topological polar surface area (TPSA) is 99.3 Å². The van der Waals surface area contributed by atoms with E-state index in [0.717, 1.165) is 11.1 Å². The predicted octanol–water partition coefficient (Wildman–Crippen LogP) is 5.36.